The maximum atomic E-state index is 12.6. The number of carbonyl (C=O) groups is 1. The van der Waals surface area contributed by atoms with Gasteiger partial charge in [-0.25, -0.2) is 0 Å². The van der Waals surface area contributed by atoms with E-state index in [2.05, 4.69) is 41.6 Å². The number of hydrogen-bond donors (Lipinski definition) is 2. The van der Waals surface area contributed by atoms with E-state index in [0.29, 0.717) is 23.7 Å². The topological polar surface area (TPSA) is 63.2 Å². The third-order valence-electron chi connectivity index (χ3n) is 4.22. The van der Waals surface area contributed by atoms with Crippen LogP contribution in [0.2, 0.25) is 0 Å². The number of aryl methyl sites for hydroxylation is 2. The molecule has 5 heteroatoms. The summed E-state index contributed by atoms with van der Waals surface area (Å²) in [6.07, 6.45) is 1.62. The molecule has 0 unspecified atom stereocenters. The van der Waals surface area contributed by atoms with Crippen LogP contribution in [0.5, 0.6) is 5.75 Å². The van der Waals surface area contributed by atoms with Gasteiger partial charge in [-0.1, -0.05) is 18.2 Å². The van der Waals surface area contributed by atoms with Crippen LogP contribution < -0.4 is 15.4 Å². The summed E-state index contributed by atoms with van der Waals surface area (Å²) in [7, 11) is 0. The first kappa shape index (κ1) is 18.5. The number of anilines is 3. The number of benzene rings is 2. The first-order valence-electron chi connectivity index (χ1n) is 8.90. The van der Waals surface area contributed by atoms with Crippen molar-refractivity contribution in [2.24, 2.45) is 0 Å². The van der Waals surface area contributed by atoms with Crippen LogP contribution in [0.4, 0.5) is 17.1 Å². The molecule has 0 aliphatic carbocycles. The number of ether oxygens (including phenoxy) is 1. The van der Waals surface area contributed by atoms with Gasteiger partial charge in [-0.15, -0.1) is 0 Å². The summed E-state index contributed by atoms with van der Waals surface area (Å²) in [6.45, 7) is 6.58. The molecule has 3 rings (SSSR count). The van der Waals surface area contributed by atoms with Gasteiger partial charge in [-0.2, -0.15) is 0 Å². The molecule has 0 saturated heterocycles. The summed E-state index contributed by atoms with van der Waals surface area (Å²) in [6, 6.07) is 17.1. The molecule has 138 valence electrons. The van der Waals surface area contributed by atoms with E-state index >= 15 is 0 Å². The molecule has 5 nitrogen and oxygen atoms in total. The van der Waals surface area contributed by atoms with Gasteiger partial charge in [0.2, 0.25) is 0 Å². The Kier molecular flexibility index (Phi) is 5.71. The molecule has 0 bridgehead atoms. The molecular formula is C22H23N3O2. The average Bonchev–Trinajstić information content (AvgIpc) is 2.67. The second kappa shape index (κ2) is 8.36. The summed E-state index contributed by atoms with van der Waals surface area (Å²) >= 11 is 0. The van der Waals surface area contributed by atoms with Crippen LogP contribution in [-0.4, -0.2) is 17.5 Å². The highest BCUT2D eigenvalue weighted by molar-refractivity contribution is 6.04. The number of nitrogens with one attached hydrogen (secondary N) is 2. The number of aromatic nitrogens is 1. The molecule has 1 amide bonds. The third-order valence-corrected chi connectivity index (χ3v) is 4.22. The number of nitrogens with zero attached hydrogens (tertiary/aromatic N) is 1. The van der Waals surface area contributed by atoms with E-state index in [0.717, 1.165) is 11.4 Å². The van der Waals surface area contributed by atoms with Crippen molar-refractivity contribution in [1.82, 2.24) is 4.98 Å². The molecule has 3 aromatic rings. The molecule has 0 aliphatic rings. The fourth-order valence-electron chi connectivity index (χ4n) is 2.66. The van der Waals surface area contributed by atoms with Crippen molar-refractivity contribution in [1.29, 1.82) is 0 Å². The summed E-state index contributed by atoms with van der Waals surface area (Å²) in [5, 5.41) is 6.18. The van der Waals surface area contributed by atoms with Crippen molar-refractivity contribution in [2.75, 3.05) is 17.2 Å². The van der Waals surface area contributed by atoms with Crippen LogP contribution in [0, 0.1) is 13.8 Å². The summed E-state index contributed by atoms with van der Waals surface area (Å²) < 4.78 is 5.55. The Hall–Kier alpha value is -3.34. The lowest BCUT2D eigenvalue weighted by molar-refractivity contribution is 0.102. The van der Waals surface area contributed by atoms with Crippen molar-refractivity contribution >= 4 is 23.0 Å². The molecule has 2 N–H and O–H groups in total. The Bertz CT molecular complexity index is 954. The molecule has 0 saturated carbocycles. The maximum absolute atomic E-state index is 12.6. The predicted molar refractivity (Wildman–Crippen MR) is 109 cm³/mol. The minimum absolute atomic E-state index is 0.286. The SMILES string of the molecule is CCOc1ccccc1NC(=O)c1cc(Nc2ccc(C)c(C)c2)ccn1. The van der Waals surface area contributed by atoms with Crippen molar-refractivity contribution in [3.63, 3.8) is 0 Å². The number of carbonyl (C=O) groups excluding carboxylic acids is 1. The van der Waals surface area contributed by atoms with Crippen molar-refractivity contribution in [2.45, 2.75) is 20.8 Å². The molecule has 0 aliphatic heterocycles. The van der Waals surface area contributed by atoms with Crippen LogP contribution >= 0.6 is 0 Å². The number of rotatable bonds is 6. The van der Waals surface area contributed by atoms with Crippen molar-refractivity contribution < 1.29 is 9.53 Å². The van der Waals surface area contributed by atoms with Gasteiger partial charge in [0.15, 0.2) is 0 Å². The highest BCUT2D eigenvalue weighted by atomic mass is 16.5. The van der Waals surface area contributed by atoms with Gasteiger partial charge < -0.3 is 15.4 Å². The number of pyridine rings is 1. The Morgan fingerprint density at radius 3 is 2.56 bits per heavy atom. The van der Waals surface area contributed by atoms with E-state index < -0.39 is 0 Å². The van der Waals surface area contributed by atoms with Gasteiger partial charge in [-0.3, -0.25) is 9.78 Å². The van der Waals surface area contributed by atoms with Crippen LogP contribution in [0.3, 0.4) is 0 Å². The second-order valence-electron chi connectivity index (χ2n) is 6.24. The summed E-state index contributed by atoms with van der Waals surface area (Å²) in [5.74, 6) is 0.351. The minimum atomic E-state index is -0.286. The fourth-order valence-corrected chi connectivity index (χ4v) is 2.66. The lowest BCUT2D eigenvalue weighted by Gasteiger charge is -2.12. The van der Waals surface area contributed by atoms with Crippen LogP contribution in [0.25, 0.3) is 0 Å². The number of hydrogen-bond acceptors (Lipinski definition) is 4. The van der Waals surface area contributed by atoms with Gasteiger partial charge in [0, 0.05) is 17.6 Å². The Morgan fingerprint density at radius 1 is 1.00 bits per heavy atom. The van der Waals surface area contributed by atoms with Crippen molar-refractivity contribution in [3.8, 4) is 5.75 Å². The molecular weight excluding hydrogens is 338 g/mol. The first-order valence-corrected chi connectivity index (χ1v) is 8.90. The molecule has 0 fully saturated rings. The Balaban J connectivity index is 1.76. The van der Waals surface area contributed by atoms with E-state index in [1.807, 2.05) is 37.3 Å². The summed E-state index contributed by atoms with van der Waals surface area (Å²) in [4.78, 5) is 16.8. The van der Waals surface area contributed by atoms with E-state index in [1.54, 1.807) is 18.3 Å². The smallest absolute Gasteiger partial charge is 0.274 e. The maximum Gasteiger partial charge on any atom is 0.274 e. The van der Waals surface area contributed by atoms with Crippen LogP contribution in [0.1, 0.15) is 28.5 Å². The quantitative estimate of drug-likeness (QED) is 0.642. The van der Waals surface area contributed by atoms with Crippen LogP contribution in [-0.2, 0) is 0 Å². The Labute approximate surface area is 159 Å². The average molecular weight is 361 g/mol. The highest BCUT2D eigenvalue weighted by Crippen LogP contribution is 2.25. The second-order valence-corrected chi connectivity index (χ2v) is 6.24. The highest BCUT2D eigenvalue weighted by Gasteiger charge is 2.11. The van der Waals surface area contributed by atoms with E-state index in [1.165, 1.54) is 11.1 Å². The van der Waals surface area contributed by atoms with E-state index in [-0.39, 0.29) is 5.91 Å². The molecule has 27 heavy (non-hydrogen) atoms. The molecule has 1 aromatic heterocycles. The number of para-hydroxylation sites is 2. The molecule has 0 spiro atoms. The van der Waals surface area contributed by atoms with E-state index in [4.69, 9.17) is 4.74 Å². The molecule has 2 aromatic carbocycles. The van der Waals surface area contributed by atoms with Gasteiger partial charge in [0.05, 0.1) is 12.3 Å². The van der Waals surface area contributed by atoms with Gasteiger partial charge >= 0.3 is 0 Å². The standard InChI is InChI=1S/C22H23N3O2/c1-4-27-21-8-6-5-7-19(21)25-22(26)20-14-18(11-12-23-20)24-17-10-9-15(2)16(3)13-17/h5-14H,4H2,1-3H3,(H,23,24)(H,25,26). The molecule has 0 atom stereocenters. The largest absolute Gasteiger partial charge is 0.492 e. The third kappa shape index (κ3) is 4.64. The number of amides is 1. The zero-order valence-electron chi connectivity index (χ0n) is 15.7. The fraction of sp³-hybridized carbons (Fsp3) is 0.182. The molecule has 1 heterocycles. The van der Waals surface area contributed by atoms with Gasteiger partial charge in [0.25, 0.3) is 5.91 Å². The Morgan fingerprint density at radius 2 is 1.78 bits per heavy atom. The van der Waals surface area contributed by atoms with Crippen molar-refractivity contribution in [3.05, 3.63) is 77.6 Å². The lowest BCUT2D eigenvalue weighted by Crippen LogP contribution is -2.14. The normalized spacial score (nSPS) is 10.3. The zero-order chi connectivity index (χ0) is 19.2. The van der Waals surface area contributed by atoms with Gasteiger partial charge in [-0.05, 0) is 68.3 Å². The zero-order valence-corrected chi connectivity index (χ0v) is 15.7. The minimum Gasteiger partial charge on any atom is -0.492 e. The monoisotopic (exact) mass is 361 g/mol. The first-order chi connectivity index (χ1) is 13.1. The van der Waals surface area contributed by atoms with Gasteiger partial charge in [0.1, 0.15) is 11.4 Å². The summed E-state index contributed by atoms with van der Waals surface area (Å²) in [5.41, 5.74) is 5.17. The van der Waals surface area contributed by atoms with Crippen LogP contribution in [0.15, 0.2) is 60.8 Å². The van der Waals surface area contributed by atoms with E-state index in [9.17, 15) is 4.79 Å². The predicted octanol–water partition coefficient (Wildman–Crippen LogP) is 5.09. The lowest BCUT2D eigenvalue weighted by atomic mass is 10.1. The molecule has 0 radical (unpaired) electrons.